The SMILES string of the molecule is CC.CCc1cccc(CC)c1C(=O)N1CCc2ccc(C(CC(=O)O)c3ccc(N(CC)NC)c(N)c3C)cc2C1. The molecule has 1 heterocycles. The molecule has 3 aromatic carbocycles. The first-order valence-corrected chi connectivity index (χ1v) is 15.3. The fraction of sp³-hybridized carbons (Fsp3) is 0.429. The number of nitrogens with two attached hydrogens (primary N) is 1. The van der Waals surface area contributed by atoms with Crippen molar-refractivity contribution >= 4 is 23.3 Å². The third-order valence-electron chi connectivity index (χ3n) is 8.31. The Morgan fingerprint density at radius 2 is 1.69 bits per heavy atom. The number of hydrogen-bond acceptors (Lipinski definition) is 5. The molecule has 0 fully saturated rings. The van der Waals surface area contributed by atoms with Crippen LogP contribution in [0.3, 0.4) is 0 Å². The van der Waals surface area contributed by atoms with Crippen LogP contribution in [0.1, 0.15) is 96.3 Å². The van der Waals surface area contributed by atoms with Crippen molar-refractivity contribution in [3.63, 3.8) is 0 Å². The highest BCUT2D eigenvalue weighted by atomic mass is 16.4. The summed E-state index contributed by atoms with van der Waals surface area (Å²) in [7, 11) is 1.85. The van der Waals surface area contributed by atoms with E-state index >= 15 is 0 Å². The summed E-state index contributed by atoms with van der Waals surface area (Å²) in [6.45, 7) is 14.1. The minimum atomic E-state index is -0.866. The molecule has 0 aliphatic carbocycles. The van der Waals surface area contributed by atoms with E-state index in [2.05, 4.69) is 43.5 Å². The number of nitrogen functional groups attached to an aromatic ring is 1. The van der Waals surface area contributed by atoms with Gasteiger partial charge in [0.15, 0.2) is 0 Å². The smallest absolute Gasteiger partial charge is 0.304 e. The van der Waals surface area contributed by atoms with Gasteiger partial charge in [-0.25, -0.2) is 5.43 Å². The molecule has 0 bridgehead atoms. The fourth-order valence-electron chi connectivity index (χ4n) is 6.02. The van der Waals surface area contributed by atoms with E-state index in [1.54, 1.807) is 0 Å². The normalized spacial score (nSPS) is 13.1. The molecule has 0 spiro atoms. The van der Waals surface area contributed by atoms with Crippen molar-refractivity contribution < 1.29 is 14.7 Å². The number of nitrogens with one attached hydrogen (secondary N) is 1. The first-order chi connectivity index (χ1) is 20.2. The van der Waals surface area contributed by atoms with Gasteiger partial charge < -0.3 is 20.7 Å². The largest absolute Gasteiger partial charge is 0.481 e. The molecular formula is C35H48N4O3. The van der Waals surface area contributed by atoms with Crippen molar-refractivity contribution in [1.82, 2.24) is 10.3 Å². The van der Waals surface area contributed by atoms with Crippen LogP contribution < -0.4 is 16.2 Å². The van der Waals surface area contributed by atoms with Gasteiger partial charge >= 0.3 is 5.97 Å². The molecule has 0 radical (unpaired) electrons. The monoisotopic (exact) mass is 572 g/mol. The molecular weight excluding hydrogens is 524 g/mol. The van der Waals surface area contributed by atoms with Gasteiger partial charge in [0.2, 0.25) is 0 Å². The summed E-state index contributed by atoms with van der Waals surface area (Å²) in [4.78, 5) is 27.8. The molecule has 7 nitrogen and oxygen atoms in total. The summed E-state index contributed by atoms with van der Waals surface area (Å²) < 4.78 is 0. The molecule has 226 valence electrons. The van der Waals surface area contributed by atoms with Gasteiger partial charge in [-0.1, -0.05) is 70.2 Å². The number of carbonyl (C=O) groups is 2. The van der Waals surface area contributed by atoms with Crippen molar-refractivity contribution in [2.24, 2.45) is 0 Å². The van der Waals surface area contributed by atoms with Crippen LogP contribution in [0.5, 0.6) is 0 Å². The Hall–Kier alpha value is -3.84. The Balaban J connectivity index is 0.00000237. The van der Waals surface area contributed by atoms with Crippen LogP contribution in [-0.2, 0) is 30.6 Å². The Labute approximate surface area is 251 Å². The summed E-state index contributed by atoms with van der Waals surface area (Å²) in [5.74, 6) is -1.14. The molecule has 1 aliphatic heterocycles. The molecule has 3 aromatic rings. The Bertz CT molecular complexity index is 1370. The average molecular weight is 573 g/mol. The van der Waals surface area contributed by atoms with Crippen molar-refractivity contribution in [2.45, 2.75) is 79.7 Å². The molecule has 1 atom stereocenters. The topological polar surface area (TPSA) is 98.9 Å². The average Bonchev–Trinajstić information content (AvgIpc) is 3.02. The number of carbonyl (C=O) groups excluding carboxylic acids is 1. The number of amides is 1. The van der Waals surface area contributed by atoms with Crippen LogP contribution in [0.4, 0.5) is 11.4 Å². The van der Waals surface area contributed by atoms with Gasteiger partial charge in [-0.3, -0.25) is 9.59 Å². The number of hydrogen-bond donors (Lipinski definition) is 3. The number of nitrogens with zero attached hydrogens (tertiary/aromatic N) is 2. The Morgan fingerprint density at radius 3 is 2.26 bits per heavy atom. The molecule has 7 heteroatoms. The van der Waals surface area contributed by atoms with E-state index in [1.807, 2.05) is 68.9 Å². The van der Waals surface area contributed by atoms with Crippen molar-refractivity contribution in [3.05, 3.63) is 93.0 Å². The standard InChI is InChI=1S/C33H42N4O3.C2H6/c1-6-22-10-9-11-23(7-2)31(22)33(40)36-17-16-24-12-13-25(18-26(24)20-36)28(19-30(38)39)27-14-15-29(32(34)21(27)4)37(8-3)35-5;1-2/h9-15,18,28,35H,6-8,16-17,19-20,34H2,1-5H3,(H,38,39);1-2H3. The van der Waals surface area contributed by atoms with Crippen LogP contribution >= 0.6 is 0 Å². The van der Waals surface area contributed by atoms with E-state index in [1.165, 1.54) is 5.56 Å². The van der Waals surface area contributed by atoms with Crippen LogP contribution in [0, 0.1) is 6.92 Å². The molecule has 1 aliphatic rings. The number of aryl methyl sites for hydroxylation is 2. The third-order valence-corrected chi connectivity index (χ3v) is 8.31. The number of carboxylic acids is 1. The van der Waals surface area contributed by atoms with E-state index in [0.717, 1.165) is 70.4 Å². The van der Waals surface area contributed by atoms with Gasteiger partial charge in [-0.2, -0.15) is 0 Å². The minimum Gasteiger partial charge on any atom is -0.481 e. The summed E-state index contributed by atoms with van der Waals surface area (Å²) in [5.41, 5.74) is 19.2. The van der Waals surface area contributed by atoms with Crippen LogP contribution in [0.2, 0.25) is 0 Å². The zero-order chi connectivity index (χ0) is 31.0. The molecule has 42 heavy (non-hydrogen) atoms. The molecule has 4 N–H and O–H groups in total. The van der Waals surface area contributed by atoms with Crippen LogP contribution in [0.25, 0.3) is 0 Å². The highest BCUT2D eigenvalue weighted by molar-refractivity contribution is 5.97. The molecule has 1 amide bonds. The van der Waals surface area contributed by atoms with Crippen molar-refractivity contribution in [1.29, 1.82) is 0 Å². The minimum absolute atomic E-state index is 0.0473. The summed E-state index contributed by atoms with van der Waals surface area (Å²) in [5, 5.41) is 11.8. The van der Waals surface area contributed by atoms with Gasteiger partial charge in [-0.05, 0) is 78.1 Å². The third kappa shape index (κ3) is 6.79. The summed E-state index contributed by atoms with van der Waals surface area (Å²) in [6.07, 6.45) is 2.35. The second kappa shape index (κ2) is 14.9. The number of rotatable bonds is 10. The second-order valence-electron chi connectivity index (χ2n) is 10.5. The lowest BCUT2D eigenvalue weighted by Gasteiger charge is -2.31. The first-order valence-electron chi connectivity index (χ1n) is 15.3. The number of benzene rings is 3. The van der Waals surface area contributed by atoms with Gasteiger partial charge in [0.25, 0.3) is 5.91 Å². The first kappa shape index (κ1) is 32.7. The van der Waals surface area contributed by atoms with Gasteiger partial charge in [-0.15, -0.1) is 0 Å². The molecule has 0 saturated carbocycles. The lowest BCUT2D eigenvalue weighted by atomic mass is 9.83. The van der Waals surface area contributed by atoms with E-state index in [0.29, 0.717) is 18.8 Å². The number of aliphatic carboxylic acids is 1. The highest BCUT2D eigenvalue weighted by Gasteiger charge is 2.27. The number of carboxylic acid groups (broad SMARTS) is 1. The van der Waals surface area contributed by atoms with Gasteiger partial charge in [0.05, 0.1) is 17.8 Å². The number of anilines is 2. The van der Waals surface area contributed by atoms with Crippen molar-refractivity contribution in [3.8, 4) is 0 Å². The zero-order valence-corrected chi connectivity index (χ0v) is 26.4. The van der Waals surface area contributed by atoms with E-state index in [-0.39, 0.29) is 18.2 Å². The van der Waals surface area contributed by atoms with Gasteiger partial charge in [0.1, 0.15) is 0 Å². The van der Waals surface area contributed by atoms with Gasteiger partial charge in [0, 0.05) is 38.2 Å². The molecule has 1 unspecified atom stereocenters. The second-order valence-corrected chi connectivity index (χ2v) is 10.5. The molecule has 0 saturated heterocycles. The predicted octanol–water partition coefficient (Wildman–Crippen LogP) is 6.49. The maximum Gasteiger partial charge on any atom is 0.304 e. The lowest BCUT2D eigenvalue weighted by Crippen LogP contribution is -2.37. The number of hydrazine groups is 1. The van der Waals surface area contributed by atoms with E-state index < -0.39 is 5.97 Å². The lowest BCUT2D eigenvalue weighted by molar-refractivity contribution is -0.137. The van der Waals surface area contributed by atoms with Crippen LogP contribution in [-0.4, -0.2) is 42.0 Å². The Kier molecular flexibility index (Phi) is 11.6. The maximum atomic E-state index is 13.8. The number of fused-ring (bicyclic) bond motifs is 1. The Morgan fingerprint density at radius 1 is 1.02 bits per heavy atom. The summed E-state index contributed by atoms with van der Waals surface area (Å²) in [6, 6.07) is 16.3. The highest BCUT2D eigenvalue weighted by Crippen LogP contribution is 2.38. The van der Waals surface area contributed by atoms with Crippen molar-refractivity contribution in [2.75, 3.05) is 30.9 Å². The zero-order valence-electron chi connectivity index (χ0n) is 26.4. The maximum absolute atomic E-state index is 13.8. The van der Waals surface area contributed by atoms with Crippen LogP contribution in [0.15, 0.2) is 48.5 Å². The molecule has 4 rings (SSSR count). The van der Waals surface area contributed by atoms with E-state index in [4.69, 9.17) is 5.73 Å². The molecule has 0 aromatic heterocycles. The predicted molar refractivity (Wildman–Crippen MR) is 173 cm³/mol. The fourth-order valence-corrected chi connectivity index (χ4v) is 6.02. The van der Waals surface area contributed by atoms with E-state index in [9.17, 15) is 14.7 Å². The quantitative estimate of drug-likeness (QED) is 0.190. The summed E-state index contributed by atoms with van der Waals surface area (Å²) >= 11 is 0.